The number of hydrogen-bond acceptors (Lipinski definition) is 5. The van der Waals surface area contributed by atoms with E-state index in [1.807, 2.05) is 12.1 Å². The Hall–Kier alpha value is -1.53. The lowest BCUT2D eigenvalue weighted by Gasteiger charge is -1.97. The van der Waals surface area contributed by atoms with Crippen LogP contribution in [-0.4, -0.2) is 28.9 Å². The molecule has 0 saturated heterocycles. The number of nitrogens with zero attached hydrogens (tertiary/aromatic N) is 2. The first-order valence-electron chi connectivity index (χ1n) is 5.12. The van der Waals surface area contributed by atoms with Gasteiger partial charge < -0.3 is 9.73 Å². The largest absolute Gasteiger partial charge is 0.411 e. The smallest absolute Gasteiger partial charge is 0.277 e. The van der Waals surface area contributed by atoms with Gasteiger partial charge in [0.15, 0.2) is 0 Å². The Bertz CT molecular complexity index is 559. The normalized spacial score (nSPS) is 10.3. The summed E-state index contributed by atoms with van der Waals surface area (Å²) in [5.74, 6) is 0.484. The van der Waals surface area contributed by atoms with Gasteiger partial charge in [0.1, 0.15) is 0 Å². The predicted molar refractivity (Wildman–Crippen MR) is 69.5 cm³/mol. The highest BCUT2D eigenvalue weighted by Gasteiger charge is 2.12. The molecule has 7 heteroatoms. The molecule has 1 N–H and O–H groups in total. The predicted octanol–water partition coefficient (Wildman–Crippen LogP) is 2.23. The highest BCUT2D eigenvalue weighted by atomic mass is 35.5. The third-order valence-electron chi connectivity index (χ3n) is 2.12. The molecule has 1 heterocycles. The Morgan fingerprint density at radius 1 is 1.44 bits per heavy atom. The van der Waals surface area contributed by atoms with Gasteiger partial charge in [-0.2, -0.15) is 0 Å². The van der Waals surface area contributed by atoms with Crippen LogP contribution in [0.15, 0.2) is 33.9 Å². The van der Waals surface area contributed by atoms with E-state index in [1.165, 1.54) is 11.8 Å². The topological polar surface area (TPSA) is 68.0 Å². The van der Waals surface area contributed by atoms with Crippen LogP contribution in [0.25, 0.3) is 11.5 Å². The van der Waals surface area contributed by atoms with Gasteiger partial charge in [-0.3, -0.25) is 4.79 Å². The molecular formula is C11H10ClN3O2S. The van der Waals surface area contributed by atoms with Gasteiger partial charge >= 0.3 is 0 Å². The number of amides is 1. The maximum absolute atomic E-state index is 11.1. The molecule has 0 aliphatic carbocycles. The van der Waals surface area contributed by atoms with Gasteiger partial charge in [0, 0.05) is 7.05 Å². The van der Waals surface area contributed by atoms with Crippen molar-refractivity contribution in [2.24, 2.45) is 0 Å². The van der Waals surface area contributed by atoms with Crippen molar-refractivity contribution in [3.05, 3.63) is 29.3 Å². The molecule has 0 unspecified atom stereocenters. The minimum absolute atomic E-state index is 0.0995. The van der Waals surface area contributed by atoms with Crippen LogP contribution in [0.1, 0.15) is 0 Å². The Labute approximate surface area is 113 Å². The van der Waals surface area contributed by atoms with Gasteiger partial charge in [-0.25, -0.2) is 0 Å². The molecule has 0 fully saturated rings. The lowest BCUT2D eigenvalue weighted by atomic mass is 10.2. The number of rotatable bonds is 4. The third kappa shape index (κ3) is 3.02. The number of thioether (sulfide) groups is 1. The highest BCUT2D eigenvalue weighted by molar-refractivity contribution is 7.99. The summed E-state index contributed by atoms with van der Waals surface area (Å²) in [6.07, 6.45) is 0. The molecule has 0 saturated carbocycles. The molecule has 5 nitrogen and oxygen atoms in total. The Morgan fingerprint density at radius 3 is 2.94 bits per heavy atom. The van der Waals surface area contributed by atoms with E-state index < -0.39 is 0 Å². The van der Waals surface area contributed by atoms with Crippen molar-refractivity contribution in [2.45, 2.75) is 5.22 Å². The number of carbonyl (C=O) groups is 1. The third-order valence-corrected chi connectivity index (χ3v) is 3.26. The van der Waals surface area contributed by atoms with Crippen molar-refractivity contribution >= 4 is 29.3 Å². The average Bonchev–Trinajstić information content (AvgIpc) is 2.85. The van der Waals surface area contributed by atoms with Gasteiger partial charge in [0.25, 0.3) is 5.22 Å². The first kappa shape index (κ1) is 12.9. The summed E-state index contributed by atoms with van der Waals surface area (Å²) in [6.45, 7) is 0. The quantitative estimate of drug-likeness (QED) is 0.872. The fourth-order valence-electron chi connectivity index (χ4n) is 1.21. The van der Waals surface area contributed by atoms with Crippen LogP contribution in [-0.2, 0) is 4.79 Å². The first-order valence-corrected chi connectivity index (χ1v) is 6.49. The summed E-state index contributed by atoms with van der Waals surface area (Å²) >= 11 is 7.20. The standard InChI is InChI=1S/C11H10ClN3O2S/c1-13-9(16)6-18-11-15-14-10(17-11)7-4-2-3-5-8(7)12/h2-5H,6H2,1H3,(H,13,16). The Morgan fingerprint density at radius 2 is 2.22 bits per heavy atom. The molecule has 0 radical (unpaired) electrons. The molecule has 1 aromatic heterocycles. The molecule has 2 aromatic rings. The van der Waals surface area contributed by atoms with E-state index in [0.29, 0.717) is 21.7 Å². The second-order valence-electron chi connectivity index (χ2n) is 3.31. The first-order chi connectivity index (χ1) is 8.70. The maximum atomic E-state index is 11.1. The lowest BCUT2D eigenvalue weighted by Crippen LogP contribution is -2.19. The number of nitrogens with one attached hydrogen (secondary N) is 1. The van der Waals surface area contributed by atoms with Crippen LogP contribution in [0.5, 0.6) is 0 Å². The second-order valence-corrected chi connectivity index (χ2v) is 4.65. The summed E-state index contributed by atoms with van der Waals surface area (Å²) in [4.78, 5) is 11.1. The lowest BCUT2D eigenvalue weighted by molar-refractivity contribution is -0.118. The monoisotopic (exact) mass is 283 g/mol. The molecule has 0 bridgehead atoms. The van der Waals surface area contributed by atoms with Crippen molar-refractivity contribution in [3.8, 4) is 11.5 Å². The fourth-order valence-corrected chi connectivity index (χ4v) is 2.06. The molecule has 0 aliphatic heterocycles. The second kappa shape index (κ2) is 5.88. The summed E-state index contributed by atoms with van der Waals surface area (Å²) < 4.78 is 5.42. The average molecular weight is 284 g/mol. The van der Waals surface area contributed by atoms with Gasteiger partial charge in [0.2, 0.25) is 11.8 Å². The van der Waals surface area contributed by atoms with Crippen LogP contribution in [0.4, 0.5) is 0 Å². The van der Waals surface area contributed by atoms with E-state index in [1.54, 1.807) is 19.2 Å². The van der Waals surface area contributed by atoms with Crippen molar-refractivity contribution < 1.29 is 9.21 Å². The Kier molecular flexibility index (Phi) is 4.22. The SMILES string of the molecule is CNC(=O)CSc1nnc(-c2ccccc2Cl)o1. The van der Waals surface area contributed by atoms with Gasteiger partial charge in [0.05, 0.1) is 16.3 Å². The number of carbonyl (C=O) groups excluding carboxylic acids is 1. The Balaban J connectivity index is 2.11. The molecule has 2 rings (SSSR count). The van der Waals surface area contributed by atoms with Crippen molar-refractivity contribution in [3.63, 3.8) is 0 Å². The summed E-state index contributed by atoms with van der Waals surface area (Å²) in [5, 5.41) is 11.1. The summed E-state index contributed by atoms with van der Waals surface area (Å²) in [7, 11) is 1.58. The van der Waals surface area contributed by atoms with Gasteiger partial charge in [-0.1, -0.05) is 35.5 Å². The van der Waals surface area contributed by atoms with Crippen LogP contribution >= 0.6 is 23.4 Å². The van der Waals surface area contributed by atoms with E-state index in [4.69, 9.17) is 16.0 Å². The highest BCUT2D eigenvalue weighted by Crippen LogP contribution is 2.28. The molecule has 1 amide bonds. The summed E-state index contributed by atoms with van der Waals surface area (Å²) in [5.41, 5.74) is 0.679. The zero-order valence-electron chi connectivity index (χ0n) is 9.51. The van der Waals surface area contributed by atoms with E-state index in [9.17, 15) is 4.79 Å². The maximum Gasteiger partial charge on any atom is 0.277 e. The molecule has 1 aromatic carbocycles. The van der Waals surface area contributed by atoms with Gasteiger partial charge in [-0.15, -0.1) is 10.2 Å². The number of aromatic nitrogens is 2. The summed E-state index contributed by atoms with van der Waals surface area (Å²) in [6, 6.07) is 7.20. The minimum atomic E-state index is -0.0995. The van der Waals surface area contributed by atoms with E-state index >= 15 is 0 Å². The van der Waals surface area contributed by atoms with Crippen molar-refractivity contribution in [2.75, 3.05) is 12.8 Å². The van der Waals surface area contributed by atoms with Crippen LogP contribution < -0.4 is 5.32 Å². The molecule has 94 valence electrons. The van der Waals surface area contributed by atoms with Crippen LogP contribution in [0.3, 0.4) is 0 Å². The fraction of sp³-hybridized carbons (Fsp3) is 0.182. The zero-order valence-corrected chi connectivity index (χ0v) is 11.1. The van der Waals surface area contributed by atoms with E-state index in [0.717, 1.165) is 0 Å². The molecule has 0 aliphatic rings. The number of hydrogen-bond donors (Lipinski definition) is 1. The van der Waals surface area contributed by atoms with Crippen LogP contribution in [0, 0.1) is 0 Å². The number of benzene rings is 1. The van der Waals surface area contributed by atoms with E-state index in [-0.39, 0.29) is 11.7 Å². The van der Waals surface area contributed by atoms with E-state index in [2.05, 4.69) is 15.5 Å². The van der Waals surface area contributed by atoms with Crippen LogP contribution in [0.2, 0.25) is 5.02 Å². The van der Waals surface area contributed by atoms with Gasteiger partial charge in [-0.05, 0) is 12.1 Å². The molecule has 0 atom stereocenters. The molecule has 18 heavy (non-hydrogen) atoms. The molecular weight excluding hydrogens is 274 g/mol. The van der Waals surface area contributed by atoms with Crippen molar-refractivity contribution in [1.29, 1.82) is 0 Å². The minimum Gasteiger partial charge on any atom is -0.411 e. The van der Waals surface area contributed by atoms with Crippen molar-refractivity contribution in [1.82, 2.24) is 15.5 Å². The molecule has 0 spiro atoms. The number of halogens is 1. The zero-order chi connectivity index (χ0) is 13.0.